The van der Waals surface area contributed by atoms with Crippen LogP contribution in [0.15, 0.2) is 0 Å². The molecule has 0 radical (unpaired) electrons. The van der Waals surface area contributed by atoms with Crippen molar-refractivity contribution in [2.24, 2.45) is 0 Å². The normalized spacial score (nSPS) is 17.2. The van der Waals surface area contributed by atoms with E-state index in [-0.39, 0.29) is 0 Å². The molecule has 146 valence electrons. The molecule has 0 saturated carbocycles. The maximum Gasteiger partial charge on any atom is 0.525 e. The minimum absolute atomic E-state index is 2.07. The Hall–Kier alpha value is -1.03. The van der Waals surface area contributed by atoms with E-state index in [9.17, 15) is 57.1 Å². The van der Waals surface area contributed by atoms with Gasteiger partial charge in [0.25, 0.3) is 12.6 Å². The van der Waals surface area contributed by atoms with Gasteiger partial charge in [0.2, 0.25) is 0 Å². The van der Waals surface area contributed by atoms with Crippen molar-refractivity contribution in [2.45, 2.75) is 43.6 Å². The summed E-state index contributed by atoms with van der Waals surface area (Å²) in [5, 5.41) is 0. The van der Waals surface area contributed by atoms with E-state index < -0.39 is 50.2 Å². The van der Waals surface area contributed by atoms with Crippen molar-refractivity contribution in [1.29, 1.82) is 0 Å². The van der Waals surface area contributed by atoms with Crippen molar-refractivity contribution < 1.29 is 71.3 Å². The summed E-state index contributed by atoms with van der Waals surface area (Å²) in [5.41, 5.74) is 0. The average molecular weight is 396 g/mol. The Labute approximate surface area is 123 Å². The van der Waals surface area contributed by atoms with E-state index in [1.807, 2.05) is 0 Å². The lowest BCUT2D eigenvalue weighted by Crippen LogP contribution is -2.48. The highest BCUT2D eigenvalue weighted by atomic mass is 19.4. The first kappa shape index (κ1) is 23.0. The highest BCUT2D eigenvalue weighted by molar-refractivity contribution is 4.71. The molecule has 0 aliphatic heterocycles. The fourth-order valence-electron chi connectivity index (χ4n) is 0.827. The lowest BCUT2D eigenvalue weighted by Gasteiger charge is -2.28. The van der Waals surface area contributed by atoms with Crippen LogP contribution in [0.4, 0.5) is 57.1 Å². The Morgan fingerprint density at radius 2 is 1.17 bits per heavy atom. The predicted molar refractivity (Wildman–Crippen MR) is 44.8 cm³/mol. The Morgan fingerprint density at radius 1 is 0.708 bits per heavy atom. The van der Waals surface area contributed by atoms with Crippen molar-refractivity contribution in [1.82, 2.24) is 0 Å². The van der Waals surface area contributed by atoms with Crippen LogP contribution in [0.2, 0.25) is 0 Å². The molecule has 0 fully saturated rings. The van der Waals surface area contributed by atoms with Crippen LogP contribution in [0.5, 0.6) is 0 Å². The second-order valence-corrected chi connectivity index (χ2v) is 3.81. The van der Waals surface area contributed by atoms with E-state index in [1.165, 1.54) is 0 Å². The summed E-state index contributed by atoms with van der Waals surface area (Å²) in [6.45, 7) is -2.80. The fraction of sp³-hybridized carbons (Fsp3) is 1.00. The lowest BCUT2D eigenvalue weighted by molar-refractivity contribution is -0.460. The smallest absolute Gasteiger partial charge is 0.338 e. The van der Waals surface area contributed by atoms with Crippen molar-refractivity contribution in [3.05, 3.63) is 0 Å². The molecule has 0 N–H and O–H groups in total. The molecule has 24 heavy (non-hydrogen) atoms. The molecule has 0 spiro atoms. The molecule has 2 unspecified atom stereocenters. The second-order valence-electron chi connectivity index (χ2n) is 3.81. The van der Waals surface area contributed by atoms with Gasteiger partial charge in [-0.1, -0.05) is 0 Å². The van der Waals surface area contributed by atoms with Crippen LogP contribution in [0.1, 0.15) is 0 Å². The molecular formula is C8H5F13O3. The number of hydrogen-bond donors (Lipinski definition) is 0. The summed E-state index contributed by atoms with van der Waals surface area (Å²) in [7, 11) is 0. The molecule has 0 amide bonds. The van der Waals surface area contributed by atoms with Gasteiger partial charge in [-0.3, -0.25) is 4.74 Å². The van der Waals surface area contributed by atoms with Gasteiger partial charge in [-0.25, -0.2) is 17.9 Å². The zero-order valence-electron chi connectivity index (χ0n) is 10.6. The maximum absolute atomic E-state index is 12.8. The first-order valence-electron chi connectivity index (χ1n) is 5.17. The van der Waals surface area contributed by atoms with Gasteiger partial charge in [0, 0.05) is 0 Å². The third-order valence-corrected chi connectivity index (χ3v) is 1.78. The van der Waals surface area contributed by atoms with E-state index in [4.69, 9.17) is 0 Å². The molecule has 0 aromatic rings. The van der Waals surface area contributed by atoms with Crippen LogP contribution in [0, 0.1) is 0 Å². The average Bonchev–Trinajstić information content (AvgIpc) is 2.30. The van der Waals surface area contributed by atoms with E-state index >= 15 is 0 Å². The zero-order chi connectivity index (χ0) is 19.6. The second kappa shape index (κ2) is 7.47. The zero-order valence-corrected chi connectivity index (χ0v) is 10.6. The Bertz CT molecular complexity index is 390. The van der Waals surface area contributed by atoms with Gasteiger partial charge in [0.05, 0.1) is 0 Å². The van der Waals surface area contributed by atoms with Crippen LogP contribution in [-0.4, -0.2) is 50.2 Å². The summed E-state index contributed by atoms with van der Waals surface area (Å²) in [4.78, 5) is 0. The first-order valence-corrected chi connectivity index (χ1v) is 5.17. The molecule has 0 rings (SSSR count). The van der Waals surface area contributed by atoms with Crippen molar-refractivity contribution in [3.63, 3.8) is 0 Å². The van der Waals surface area contributed by atoms with Crippen LogP contribution >= 0.6 is 0 Å². The minimum atomic E-state index is -6.11. The highest BCUT2D eigenvalue weighted by Gasteiger charge is 2.56. The lowest BCUT2D eigenvalue weighted by atomic mass is 10.4. The van der Waals surface area contributed by atoms with Gasteiger partial charge in [-0.15, -0.1) is 13.2 Å². The predicted octanol–water partition coefficient (Wildman–Crippen LogP) is 4.23. The van der Waals surface area contributed by atoms with Gasteiger partial charge in [0.15, 0.2) is 0 Å². The van der Waals surface area contributed by atoms with E-state index in [0.717, 1.165) is 0 Å². The first-order chi connectivity index (χ1) is 10.4. The summed E-state index contributed by atoms with van der Waals surface area (Å²) >= 11 is 0. The van der Waals surface area contributed by atoms with Crippen molar-refractivity contribution in [3.8, 4) is 0 Å². The van der Waals surface area contributed by atoms with Crippen LogP contribution < -0.4 is 0 Å². The quantitative estimate of drug-likeness (QED) is 0.454. The molecule has 2 atom stereocenters. The molecule has 0 aromatic carbocycles. The van der Waals surface area contributed by atoms with Gasteiger partial charge in [-0.05, 0) is 0 Å². The van der Waals surface area contributed by atoms with E-state index in [1.54, 1.807) is 0 Å². The highest BCUT2D eigenvalue weighted by Crippen LogP contribution is 2.36. The largest absolute Gasteiger partial charge is 0.525 e. The van der Waals surface area contributed by atoms with Gasteiger partial charge < -0.3 is 4.74 Å². The van der Waals surface area contributed by atoms with E-state index in [2.05, 4.69) is 14.2 Å². The standard InChI is InChI=1S/C8H5F13O3/c9-2(10)5(12,13)1-22-4(6(14,15)16)24-7(17,18)3(11)23-8(19,20)21/h2-4H,1H2. The summed E-state index contributed by atoms with van der Waals surface area (Å²) in [6.07, 6.45) is -32.0. The van der Waals surface area contributed by atoms with Gasteiger partial charge in [0.1, 0.15) is 6.61 Å². The molecule has 3 nitrogen and oxygen atoms in total. The number of alkyl halides is 13. The van der Waals surface area contributed by atoms with Crippen molar-refractivity contribution in [2.75, 3.05) is 6.61 Å². The Kier molecular flexibility index (Phi) is 7.15. The molecule has 0 aliphatic rings. The Morgan fingerprint density at radius 3 is 1.50 bits per heavy atom. The third kappa shape index (κ3) is 7.69. The topological polar surface area (TPSA) is 27.7 Å². The van der Waals surface area contributed by atoms with Crippen LogP contribution in [-0.2, 0) is 14.2 Å². The van der Waals surface area contributed by atoms with Gasteiger partial charge >= 0.3 is 31.0 Å². The molecular weight excluding hydrogens is 391 g/mol. The number of halogens is 13. The van der Waals surface area contributed by atoms with Crippen LogP contribution in [0.25, 0.3) is 0 Å². The molecule has 16 heteroatoms. The summed E-state index contributed by atoms with van der Waals surface area (Å²) in [6, 6.07) is 0. The molecule has 0 heterocycles. The molecule has 0 bridgehead atoms. The molecule has 0 aliphatic carbocycles. The molecule has 0 saturated heterocycles. The third-order valence-electron chi connectivity index (χ3n) is 1.78. The van der Waals surface area contributed by atoms with Crippen molar-refractivity contribution >= 4 is 0 Å². The minimum Gasteiger partial charge on any atom is -0.338 e. The Balaban J connectivity index is 5.09. The number of hydrogen-bond acceptors (Lipinski definition) is 3. The fourth-order valence-corrected chi connectivity index (χ4v) is 0.827. The SMILES string of the molecule is FC(F)C(F)(F)COC(OC(F)(F)C(F)OC(F)(F)F)C(F)(F)F. The number of ether oxygens (including phenoxy) is 3. The van der Waals surface area contributed by atoms with Crippen LogP contribution in [0.3, 0.4) is 0 Å². The van der Waals surface area contributed by atoms with Gasteiger partial charge in [-0.2, -0.15) is 30.7 Å². The molecule has 0 aromatic heterocycles. The van der Waals surface area contributed by atoms with E-state index in [0.29, 0.717) is 0 Å². The number of rotatable bonds is 8. The summed E-state index contributed by atoms with van der Waals surface area (Å²) < 4.78 is 165. The maximum atomic E-state index is 12.8. The monoisotopic (exact) mass is 396 g/mol. The summed E-state index contributed by atoms with van der Waals surface area (Å²) in [5.74, 6) is -5.24.